The van der Waals surface area contributed by atoms with Gasteiger partial charge in [0.15, 0.2) is 0 Å². The zero-order valence-corrected chi connectivity index (χ0v) is 3.93. The van der Waals surface area contributed by atoms with Crippen LogP contribution in [0.1, 0.15) is 0 Å². The Morgan fingerprint density at radius 2 is 2.71 bits per heavy atom. The highest BCUT2D eigenvalue weighted by atomic mass is 16.1. The van der Waals surface area contributed by atoms with Crippen LogP contribution in [0, 0.1) is 6.20 Å². The van der Waals surface area contributed by atoms with E-state index in [1.165, 1.54) is 10.8 Å². The van der Waals surface area contributed by atoms with E-state index in [1.807, 2.05) is 0 Å². The highest BCUT2D eigenvalue weighted by Crippen LogP contribution is 1.62. The molecule has 3 nitrogen and oxygen atoms in total. The molecule has 0 aliphatic heterocycles. The van der Waals surface area contributed by atoms with Crippen LogP contribution in [-0.2, 0) is 7.05 Å². The molecule has 3 heteroatoms. The number of hydrogen-bond acceptors (Lipinski definition) is 1. The van der Waals surface area contributed by atoms with Gasteiger partial charge in [-0.3, -0.25) is 4.57 Å². The van der Waals surface area contributed by atoms with Crippen LogP contribution in [0.5, 0.6) is 0 Å². The van der Waals surface area contributed by atoms with E-state index < -0.39 is 0 Å². The smallest absolute Gasteiger partial charge is 0.312 e. The average molecular weight is 97.1 g/mol. The number of aromatic nitrogens is 2. The lowest BCUT2D eigenvalue weighted by atomic mass is 10.9. The van der Waals surface area contributed by atoms with Crippen molar-refractivity contribution in [2.45, 2.75) is 0 Å². The van der Waals surface area contributed by atoms with Gasteiger partial charge >= 0.3 is 5.69 Å². The van der Waals surface area contributed by atoms with Crippen LogP contribution in [0.2, 0.25) is 0 Å². The number of imidazole rings is 1. The SMILES string of the molecule is Cn1[c]c[nH]c1=O. The molecule has 1 aromatic rings. The lowest BCUT2D eigenvalue weighted by Gasteiger charge is -1.75. The quantitative estimate of drug-likeness (QED) is 0.466. The summed E-state index contributed by atoms with van der Waals surface area (Å²) < 4.78 is 1.35. The summed E-state index contributed by atoms with van der Waals surface area (Å²) in [6.45, 7) is 0. The Morgan fingerprint density at radius 3 is 2.86 bits per heavy atom. The van der Waals surface area contributed by atoms with E-state index in [0.29, 0.717) is 0 Å². The van der Waals surface area contributed by atoms with Crippen LogP contribution in [0.15, 0.2) is 11.0 Å². The second kappa shape index (κ2) is 1.26. The van der Waals surface area contributed by atoms with E-state index in [1.54, 1.807) is 7.05 Å². The molecule has 0 aliphatic rings. The minimum Gasteiger partial charge on any atom is -0.312 e. The van der Waals surface area contributed by atoms with Gasteiger partial charge in [-0.05, 0) is 0 Å². The van der Waals surface area contributed by atoms with E-state index in [4.69, 9.17) is 0 Å². The van der Waals surface area contributed by atoms with Crippen molar-refractivity contribution in [3.63, 3.8) is 0 Å². The predicted molar refractivity (Wildman–Crippen MR) is 24.9 cm³/mol. The second-order valence-corrected chi connectivity index (χ2v) is 1.28. The van der Waals surface area contributed by atoms with E-state index in [-0.39, 0.29) is 5.69 Å². The molecule has 1 aromatic heterocycles. The van der Waals surface area contributed by atoms with Crippen molar-refractivity contribution in [3.05, 3.63) is 22.9 Å². The Bertz CT molecular complexity index is 197. The molecule has 0 saturated heterocycles. The van der Waals surface area contributed by atoms with E-state index >= 15 is 0 Å². The fourth-order valence-corrected chi connectivity index (χ4v) is 0.346. The molecule has 0 unspecified atom stereocenters. The molecule has 0 aromatic carbocycles. The molecule has 0 saturated carbocycles. The Balaban J connectivity index is 3.39. The Morgan fingerprint density at radius 1 is 2.00 bits per heavy atom. The number of aryl methyl sites for hydroxylation is 1. The fraction of sp³-hybridized carbons (Fsp3) is 0.250. The van der Waals surface area contributed by atoms with Crippen molar-refractivity contribution < 1.29 is 0 Å². The van der Waals surface area contributed by atoms with Gasteiger partial charge in [-0.15, -0.1) is 0 Å². The molecule has 1 N–H and O–H groups in total. The third-order valence-corrected chi connectivity index (χ3v) is 0.758. The summed E-state index contributed by atoms with van der Waals surface area (Å²) in [5.74, 6) is 0. The van der Waals surface area contributed by atoms with Gasteiger partial charge in [0, 0.05) is 13.2 Å². The van der Waals surface area contributed by atoms with Crippen LogP contribution in [-0.4, -0.2) is 9.55 Å². The maximum absolute atomic E-state index is 10.3. The van der Waals surface area contributed by atoms with Gasteiger partial charge < -0.3 is 4.98 Å². The van der Waals surface area contributed by atoms with Crippen molar-refractivity contribution in [3.8, 4) is 0 Å². The molecule has 1 rings (SSSR count). The van der Waals surface area contributed by atoms with Crippen LogP contribution in [0.3, 0.4) is 0 Å². The van der Waals surface area contributed by atoms with E-state index in [0.717, 1.165) is 0 Å². The summed E-state index contributed by atoms with van der Waals surface area (Å²) in [6.07, 6.45) is 4.09. The van der Waals surface area contributed by atoms with Crippen molar-refractivity contribution >= 4 is 0 Å². The molecule has 1 heterocycles. The van der Waals surface area contributed by atoms with Gasteiger partial charge in [0.1, 0.15) is 0 Å². The lowest BCUT2D eigenvalue weighted by molar-refractivity contribution is 0.856. The molecular weight excluding hydrogens is 92.1 g/mol. The normalized spacial score (nSPS) is 9.29. The molecule has 0 atom stereocenters. The molecule has 0 aliphatic carbocycles. The minimum absolute atomic E-state index is 0.125. The Kier molecular flexibility index (Phi) is 0.749. The first kappa shape index (κ1) is 4.18. The predicted octanol–water partition coefficient (Wildman–Crippen LogP) is -0.486. The largest absolute Gasteiger partial charge is 0.325 e. The zero-order valence-electron chi connectivity index (χ0n) is 3.93. The van der Waals surface area contributed by atoms with Crippen molar-refractivity contribution in [1.82, 2.24) is 9.55 Å². The lowest BCUT2D eigenvalue weighted by Crippen LogP contribution is -2.11. The monoisotopic (exact) mass is 97.0 g/mol. The van der Waals surface area contributed by atoms with E-state index in [2.05, 4.69) is 11.2 Å². The summed E-state index contributed by atoms with van der Waals surface area (Å²) in [7, 11) is 1.64. The first-order valence-electron chi connectivity index (χ1n) is 1.93. The molecule has 37 valence electrons. The summed E-state index contributed by atoms with van der Waals surface area (Å²) in [4.78, 5) is 12.7. The van der Waals surface area contributed by atoms with Crippen LogP contribution >= 0.6 is 0 Å². The van der Waals surface area contributed by atoms with E-state index in [9.17, 15) is 4.79 Å². The van der Waals surface area contributed by atoms with Gasteiger partial charge in [-0.2, -0.15) is 0 Å². The Labute approximate surface area is 40.6 Å². The van der Waals surface area contributed by atoms with Gasteiger partial charge in [-0.25, -0.2) is 4.79 Å². The number of aromatic amines is 1. The number of rotatable bonds is 0. The van der Waals surface area contributed by atoms with Gasteiger partial charge in [0.2, 0.25) is 0 Å². The average Bonchev–Trinajstić information content (AvgIpc) is 1.91. The molecule has 0 bridgehead atoms. The maximum Gasteiger partial charge on any atom is 0.325 e. The van der Waals surface area contributed by atoms with Crippen molar-refractivity contribution in [2.75, 3.05) is 0 Å². The molecular formula is C4H5N2O. The van der Waals surface area contributed by atoms with Crippen LogP contribution in [0.25, 0.3) is 0 Å². The highest BCUT2D eigenvalue weighted by molar-refractivity contribution is 4.69. The van der Waals surface area contributed by atoms with Crippen molar-refractivity contribution in [1.29, 1.82) is 0 Å². The number of H-pyrrole nitrogens is 1. The molecule has 0 fully saturated rings. The molecule has 7 heavy (non-hydrogen) atoms. The minimum atomic E-state index is -0.125. The molecule has 0 spiro atoms. The first-order valence-corrected chi connectivity index (χ1v) is 1.93. The number of nitrogens with zero attached hydrogens (tertiary/aromatic N) is 1. The number of hydrogen-bond donors (Lipinski definition) is 1. The highest BCUT2D eigenvalue weighted by Gasteiger charge is 1.82. The van der Waals surface area contributed by atoms with Crippen molar-refractivity contribution in [2.24, 2.45) is 7.05 Å². The van der Waals surface area contributed by atoms with Crippen LogP contribution in [0.4, 0.5) is 0 Å². The molecule has 1 radical (unpaired) electrons. The van der Waals surface area contributed by atoms with Crippen LogP contribution < -0.4 is 5.69 Å². The summed E-state index contributed by atoms with van der Waals surface area (Å²) in [6, 6.07) is 0. The summed E-state index contributed by atoms with van der Waals surface area (Å²) >= 11 is 0. The zero-order chi connectivity index (χ0) is 5.28. The third kappa shape index (κ3) is 0.559. The third-order valence-electron chi connectivity index (χ3n) is 0.758. The van der Waals surface area contributed by atoms with Gasteiger partial charge in [-0.1, -0.05) is 0 Å². The topological polar surface area (TPSA) is 37.8 Å². The fourth-order valence-electron chi connectivity index (χ4n) is 0.346. The summed E-state index contributed by atoms with van der Waals surface area (Å²) in [5.41, 5.74) is -0.125. The summed E-state index contributed by atoms with van der Waals surface area (Å²) in [5, 5.41) is 0. The number of nitrogens with one attached hydrogen (secondary N) is 1. The second-order valence-electron chi connectivity index (χ2n) is 1.28. The van der Waals surface area contributed by atoms with Gasteiger partial charge in [0.25, 0.3) is 0 Å². The molecule has 0 amide bonds. The first-order chi connectivity index (χ1) is 3.30. The maximum atomic E-state index is 10.3. The Hall–Kier alpha value is -0.990. The van der Waals surface area contributed by atoms with Gasteiger partial charge in [0.05, 0.1) is 6.20 Å². The standard InChI is InChI=1S/C4H5N2O/c1-6-3-2-5-4(6)7/h2H,1H3,(H,5,7).